The zero-order chi connectivity index (χ0) is 22.4. The Morgan fingerprint density at radius 2 is 1.62 bits per heavy atom. The molecule has 1 aliphatic rings. The van der Waals surface area contributed by atoms with Crippen molar-refractivity contribution in [2.24, 2.45) is 0 Å². The quantitative estimate of drug-likeness (QED) is 0.306. The SMILES string of the molecule is C.C.CC(C)(C)[O-].Cc1ccc(C2CCCS2)cn1.Cc1ccc(CSCCCCl)cn1.[B].[K+]. The van der Waals surface area contributed by atoms with E-state index >= 15 is 0 Å². The van der Waals surface area contributed by atoms with E-state index in [1.54, 1.807) is 20.8 Å². The van der Waals surface area contributed by atoms with Crippen molar-refractivity contribution in [3.8, 4) is 0 Å². The normalized spacial score (nSPS) is 13.8. The predicted molar refractivity (Wildman–Crippen MR) is 153 cm³/mol. The molecule has 1 fully saturated rings. The summed E-state index contributed by atoms with van der Waals surface area (Å²) in [5, 5.41) is 10.8. The van der Waals surface area contributed by atoms with Crippen molar-refractivity contribution >= 4 is 43.5 Å². The largest absolute Gasteiger partial charge is 1.00 e. The van der Waals surface area contributed by atoms with Crippen molar-refractivity contribution in [2.45, 2.75) is 85.3 Å². The molecule has 1 atom stereocenters. The molecule has 2 aromatic heterocycles. The van der Waals surface area contributed by atoms with Crippen LogP contribution in [-0.4, -0.2) is 41.4 Å². The number of pyridine rings is 2. The third-order valence-corrected chi connectivity index (χ3v) is 6.72. The molecule has 1 saturated heterocycles. The van der Waals surface area contributed by atoms with Gasteiger partial charge in [0.15, 0.2) is 0 Å². The fraction of sp³-hybridized carbons (Fsp3) is 0.615. The maximum atomic E-state index is 10.1. The van der Waals surface area contributed by atoms with Crippen molar-refractivity contribution in [2.75, 3.05) is 17.4 Å². The second-order valence-electron chi connectivity index (χ2n) is 8.25. The molecule has 0 amide bonds. The van der Waals surface area contributed by atoms with E-state index in [1.807, 2.05) is 38.0 Å². The third-order valence-electron chi connectivity index (χ3n) is 3.90. The van der Waals surface area contributed by atoms with Gasteiger partial charge in [-0.3, -0.25) is 9.97 Å². The first-order valence-electron chi connectivity index (χ1n) is 10.5. The van der Waals surface area contributed by atoms with Crippen LogP contribution in [0.2, 0.25) is 0 Å². The van der Waals surface area contributed by atoms with Gasteiger partial charge in [0.25, 0.3) is 0 Å². The summed E-state index contributed by atoms with van der Waals surface area (Å²) < 4.78 is 0. The summed E-state index contributed by atoms with van der Waals surface area (Å²) in [6.45, 7) is 8.93. The minimum absolute atomic E-state index is 0. The summed E-state index contributed by atoms with van der Waals surface area (Å²) in [5.74, 6) is 4.26. The van der Waals surface area contributed by atoms with Gasteiger partial charge in [-0.2, -0.15) is 23.5 Å². The van der Waals surface area contributed by atoms with E-state index in [0.29, 0.717) is 0 Å². The van der Waals surface area contributed by atoms with Crippen LogP contribution in [0.1, 0.15) is 82.7 Å². The fourth-order valence-electron chi connectivity index (χ4n) is 2.44. The summed E-state index contributed by atoms with van der Waals surface area (Å²) in [6, 6.07) is 8.51. The molecule has 0 aromatic carbocycles. The fourth-order valence-corrected chi connectivity index (χ4v) is 4.92. The Morgan fingerprint density at radius 3 is 2.03 bits per heavy atom. The number of thioether (sulfide) groups is 2. The molecule has 1 unspecified atom stereocenters. The second-order valence-corrected chi connectivity index (χ2v) is 11.0. The summed E-state index contributed by atoms with van der Waals surface area (Å²) in [4.78, 5) is 8.55. The van der Waals surface area contributed by atoms with E-state index in [1.165, 1.54) is 29.7 Å². The van der Waals surface area contributed by atoms with Gasteiger partial charge < -0.3 is 5.11 Å². The molecule has 0 bridgehead atoms. The molecule has 8 heteroatoms. The summed E-state index contributed by atoms with van der Waals surface area (Å²) in [7, 11) is 0. The Labute approximate surface area is 268 Å². The van der Waals surface area contributed by atoms with E-state index in [0.717, 1.165) is 40.4 Å². The molecule has 3 heterocycles. The molecule has 3 radical (unpaired) electrons. The minimum atomic E-state index is -0.750. The summed E-state index contributed by atoms with van der Waals surface area (Å²) in [6.07, 6.45) is 7.76. The molecular weight excluding hydrogens is 506 g/mol. The van der Waals surface area contributed by atoms with E-state index in [2.05, 4.69) is 46.0 Å². The van der Waals surface area contributed by atoms with Gasteiger partial charge in [-0.1, -0.05) is 47.8 Å². The van der Waals surface area contributed by atoms with Gasteiger partial charge >= 0.3 is 51.4 Å². The third kappa shape index (κ3) is 23.4. The van der Waals surface area contributed by atoms with Crippen LogP contribution >= 0.6 is 35.1 Å². The maximum Gasteiger partial charge on any atom is 1.00 e. The van der Waals surface area contributed by atoms with Gasteiger partial charge in [0.1, 0.15) is 0 Å². The average Bonchev–Trinajstić information content (AvgIpc) is 3.21. The molecule has 0 N–H and O–H groups in total. The molecule has 0 spiro atoms. The van der Waals surface area contributed by atoms with Crippen molar-refractivity contribution in [3.05, 3.63) is 59.2 Å². The predicted octanol–water partition coefficient (Wildman–Crippen LogP) is 4.25. The van der Waals surface area contributed by atoms with Crippen molar-refractivity contribution in [1.29, 1.82) is 0 Å². The van der Waals surface area contributed by atoms with E-state index in [4.69, 9.17) is 11.6 Å². The number of hydrogen-bond donors (Lipinski definition) is 0. The van der Waals surface area contributed by atoms with Crippen LogP contribution < -0.4 is 56.5 Å². The van der Waals surface area contributed by atoms with Gasteiger partial charge in [-0.25, -0.2) is 0 Å². The van der Waals surface area contributed by atoms with Gasteiger partial charge in [0.2, 0.25) is 0 Å². The van der Waals surface area contributed by atoms with Crippen molar-refractivity contribution in [1.82, 2.24) is 9.97 Å². The molecule has 187 valence electrons. The molecule has 0 aliphatic carbocycles. The van der Waals surface area contributed by atoms with Crippen molar-refractivity contribution < 1.29 is 56.5 Å². The molecular formula is C26H44BClKN2OS2. The molecule has 1 aliphatic heterocycles. The van der Waals surface area contributed by atoms with E-state index < -0.39 is 5.60 Å². The Balaban J connectivity index is -0.000000202. The zero-order valence-corrected chi connectivity index (χ0v) is 26.1. The Kier molecular flexibility index (Phi) is 30.1. The van der Waals surface area contributed by atoms with Crippen LogP contribution in [-0.2, 0) is 5.75 Å². The number of rotatable bonds is 6. The van der Waals surface area contributed by atoms with Gasteiger partial charge in [-0.15, -0.1) is 17.2 Å². The van der Waals surface area contributed by atoms with E-state index in [-0.39, 0.29) is 74.7 Å². The molecule has 2 aromatic rings. The Hall–Kier alpha value is 0.951. The van der Waals surface area contributed by atoms with Crippen LogP contribution in [0.3, 0.4) is 0 Å². The standard InChI is InChI=1S/C10H14ClNS.C10H13NS.C4H9O.2CH4.B.K/c1-9-3-4-10(7-12-9)8-13-6-2-5-11;1-8-4-5-9(7-11-8)10-3-2-6-12-10;1-4(2,3)5;;;;/h3-4,7H,2,5-6,8H2,1H3;4-5,7,10H,2-3,6H2,1H3;1-3H3;2*1H4;;/q;;-1;;;;+1. The topological polar surface area (TPSA) is 48.8 Å². The molecule has 3 rings (SSSR count). The van der Waals surface area contributed by atoms with Crippen LogP contribution in [0.4, 0.5) is 0 Å². The van der Waals surface area contributed by atoms with E-state index in [9.17, 15) is 5.11 Å². The number of alkyl halides is 1. The van der Waals surface area contributed by atoms with Crippen LogP contribution in [0.25, 0.3) is 0 Å². The number of halogens is 1. The molecule has 0 saturated carbocycles. The summed E-state index contributed by atoms with van der Waals surface area (Å²) >= 11 is 9.55. The number of nitrogens with zero attached hydrogens (tertiary/aromatic N) is 2. The minimum Gasteiger partial charge on any atom is -0.850 e. The summed E-state index contributed by atoms with van der Waals surface area (Å²) in [5.41, 5.74) is 4.14. The first-order valence-corrected chi connectivity index (χ1v) is 13.2. The molecule has 34 heavy (non-hydrogen) atoms. The van der Waals surface area contributed by atoms with Gasteiger partial charge in [-0.05, 0) is 67.9 Å². The number of aryl methyl sites for hydroxylation is 2. The number of hydrogen-bond acceptors (Lipinski definition) is 5. The second kappa shape index (κ2) is 24.3. The first-order chi connectivity index (χ1) is 14.2. The molecule has 3 nitrogen and oxygen atoms in total. The van der Waals surface area contributed by atoms with Gasteiger partial charge in [0, 0.05) is 49.1 Å². The first kappa shape index (κ1) is 42.1. The van der Waals surface area contributed by atoms with Gasteiger partial charge in [0.05, 0.1) is 0 Å². The Bertz CT molecular complexity index is 689. The number of aromatic nitrogens is 2. The Morgan fingerprint density at radius 1 is 1.06 bits per heavy atom. The monoisotopic (exact) mass is 549 g/mol. The van der Waals surface area contributed by atoms with Crippen LogP contribution in [0, 0.1) is 13.8 Å². The van der Waals surface area contributed by atoms with Crippen molar-refractivity contribution in [3.63, 3.8) is 0 Å². The van der Waals surface area contributed by atoms with Crippen LogP contribution in [0.5, 0.6) is 0 Å². The average molecular weight is 550 g/mol. The maximum absolute atomic E-state index is 10.1. The smallest absolute Gasteiger partial charge is 0.850 e. The van der Waals surface area contributed by atoms with Crippen LogP contribution in [0.15, 0.2) is 36.7 Å². The zero-order valence-electron chi connectivity index (χ0n) is 20.6.